The van der Waals surface area contributed by atoms with Crippen molar-refractivity contribution in [2.75, 3.05) is 0 Å². The maximum absolute atomic E-state index is 2.41. The third-order valence-corrected chi connectivity index (χ3v) is 3.62. The van der Waals surface area contributed by atoms with Crippen LogP contribution in [0.25, 0.3) is 0 Å². The second kappa shape index (κ2) is 5.67. The smallest absolute Gasteiger partial charge is 0.0389 e. The Labute approximate surface area is 85.1 Å². The molecular formula is C13H28. The standard InChI is InChI=1S/C13H28/c1-9(2)8-11(5)13(7)12(6)10(3)4/h9-13H,8H2,1-7H3. The molecule has 0 N–H and O–H groups in total. The first-order valence-electron chi connectivity index (χ1n) is 5.86. The fourth-order valence-electron chi connectivity index (χ4n) is 2.08. The van der Waals surface area contributed by atoms with E-state index in [1.165, 1.54) is 6.42 Å². The molecule has 0 heterocycles. The Morgan fingerprint density at radius 3 is 1.46 bits per heavy atom. The molecule has 0 amide bonds. The highest BCUT2D eigenvalue weighted by Crippen LogP contribution is 2.30. The minimum Gasteiger partial charge on any atom is -0.0628 e. The zero-order chi connectivity index (χ0) is 10.6. The average Bonchev–Trinajstić information content (AvgIpc) is 2.00. The van der Waals surface area contributed by atoms with Crippen molar-refractivity contribution in [2.45, 2.75) is 54.9 Å². The van der Waals surface area contributed by atoms with Crippen molar-refractivity contribution in [3.63, 3.8) is 0 Å². The van der Waals surface area contributed by atoms with Crippen molar-refractivity contribution in [3.05, 3.63) is 0 Å². The van der Waals surface area contributed by atoms with E-state index in [4.69, 9.17) is 0 Å². The summed E-state index contributed by atoms with van der Waals surface area (Å²) in [5.41, 5.74) is 0. The zero-order valence-electron chi connectivity index (χ0n) is 10.6. The summed E-state index contributed by atoms with van der Waals surface area (Å²) in [5, 5.41) is 0. The van der Waals surface area contributed by atoms with Crippen LogP contribution in [-0.4, -0.2) is 0 Å². The molecule has 0 aliphatic heterocycles. The van der Waals surface area contributed by atoms with Crippen LogP contribution in [0.3, 0.4) is 0 Å². The molecule has 0 radical (unpaired) electrons. The van der Waals surface area contributed by atoms with Crippen molar-refractivity contribution < 1.29 is 0 Å². The maximum atomic E-state index is 2.41. The zero-order valence-corrected chi connectivity index (χ0v) is 10.6. The molecule has 0 heteroatoms. The maximum Gasteiger partial charge on any atom is -0.0389 e. The molecule has 3 unspecified atom stereocenters. The highest BCUT2D eigenvalue weighted by molar-refractivity contribution is 4.71. The monoisotopic (exact) mass is 184 g/mol. The fourth-order valence-corrected chi connectivity index (χ4v) is 2.08. The molecule has 0 aromatic rings. The van der Waals surface area contributed by atoms with Crippen LogP contribution in [-0.2, 0) is 0 Å². The molecule has 0 aliphatic carbocycles. The molecule has 3 atom stereocenters. The van der Waals surface area contributed by atoms with Crippen molar-refractivity contribution in [2.24, 2.45) is 29.6 Å². The molecule has 0 aliphatic rings. The first-order chi connectivity index (χ1) is 5.86. The van der Waals surface area contributed by atoms with Crippen LogP contribution >= 0.6 is 0 Å². The molecule has 0 rings (SSSR count). The third kappa shape index (κ3) is 4.69. The van der Waals surface area contributed by atoms with E-state index in [-0.39, 0.29) is 0 Å². The highest BCUT2D eigenvalue weighted by Gasteiger charge is 2.21. The van der Waals surface area contributed by atoms with Gasteiger partial charge in [-0.15, -0.1) is 0 Å². The van der Waals surface area contributed by atoms with Crippen LogP contribution in [0.15, 0.2) is 0 Å². The van der Waals surface area contributed by atoms with E-state index < -0.39 is 0 Å². The quantitative estimate of drug-likeness (QED) is 0.586. The normalized spacial score (nSPS) is 19.2. The SMILES string of the molecule is CC(C)CC(C)C(C)C(C)C(C)C. The summed E-state index contributed by atoms with van der Waals surface area (Å²) >= 11 is 0. The molecule has 13 heavy (non-hydrogen) atoms. The number of hydrogen-bond donors (Lipinski definition) is 0. The highest BCUT2D eigenvalue weighted by atomic mass is 14.3. The van der Waals surface area contributed by atoms with Gasteiger partial charge in [-0.2, -0.15) is 0 Å². The first kappa shape index (κ1) is 13.0. The summed E-state index contributed by atoms with van der Waals surface area (Å²) in [6.07, 6.45) is 1.37. The largest absolute Gasteiger partial charge is 0.0628 e. The second-order valence-corrected chi connectivity index (χ2v) is 5.57. The molecule has 0 spiro atoms. The van der Waals surface area contributed by atoms with Crippen LogP contribution < -0.4 is 0 Å². The summed E-state index contributed by atoms with van der Waals surface area (Å²) in [6.45, 7) is 16.5. The average molecular weight is 184 g/mol. The second-order valence-electron chi connectivity index (χ2n) is 5.57. The summed E-state index contributed by atoms with van der Waals surface area (Å²) in [4.78, 5) is 0. The van der Waals surface area contributed by atoms with Gasteiger partial charge >= 0.3 is 0 Å². The molecule has 0 saturated heterocycles. The summed E-state index contributed by atoms with van der Waals surface area (Å²) in [7, 11) is 0. The van der Waals surface area contributed by atoms with Crippen LogP contribution in [0.4, 0.5) is 0 Å². The number of hydrogen-bond acceptors (Lipinski definition) is 0. The fraction of sp³-hybridized carbons (Fsp3) is 1.00. The molecule has 0 saturated carbocycles. The van der Waals surface area contributed by atoms with E-state index in [2.05, 4.69) is 48.5 Å². The molecule has 0 bridgehead atoms. The lowest BCUT2D eigenvalue weighted by Crippen LogP contribution is -2.21. The van der Waals surface area contributed by atoms with Crippen molar-refractivity contribution >= 4 is 0 Å². The van der Waals surface area contributed by atoms with E-state index in [1.54, 1.807) is 0 Å². The van der Waals surface area contributed by atoms with Gasteiger partial charge in [-0.25, -0.2) is 0 Å². The van der Waals surface area contributed by atoms with E-state index >= 15 is 0 Å². The number of rotatable bonds is 5. The van der Waals surface area contributed by atoms with Crippen LogP contribution in [0.2, 0.25) is 0 Å². The Morgan fingerprint density at radius 2 is 1.15 bits per heavy atom. The Kier molecular flexibility index (Phi) is 5.67. The molecular weight excluding hydrogens is 156 g/mol. The molecule has 0 nitrogen and oxygen atoms in total. The van der Waals surface area contributed by atoms with Crippen molar-refractivity contribution in [3.8, 4) is 0 Å². The minimum atomic E-state index is 0.824. The van der Waals surface area contributed by atoms with E-state index in [0.29, 0.717) is 0 Å². The van der Waals surface area contributed by atoms with Crippen LogP contribution in [0.5, 0.6) is 0 Å². The van der Waals surface area contributed by atoms with Gasteiger partial charge in [0.05, 0.1) is 0 Å². The topological polar surface area (TPSA) is 0 Å². The van der Waals surface area contributed by atoms with Gasteiger partial charge in [0.15, 0.2) is 0 Å². The molecule has 0 aromatic carbocycles. The Bertz CT molecular complexity index is 124. The van der Waals surface area contributed by atoms with Crippen molar-refractivity contribution in [1.82, 2.24) is 0 Å². The summed E-state index contributed by atoms with van der Waals surface area (Å²) in [5.74, 6) is 4.26. The summed E-state index contributed by atoms with van der Waals surface area (Å²) < 4.78 is 0. The van der Waals surface area contributed by atoms with Gasteiger partial charge in [-0.05, 0) is 36.0 Å². The molecule has 0 aromatic heterocycles. The predicted molar refractivity (Wildman–Crippen MR) is 61.8 cm³/mol. The van der Waals surface area contributed by atoms with Gasteiger partial charge in [0.25, 0.3) is 0 Å². The molecule has 0 fully saturated rings. The van der Waals surface area contributed by atoms with E-state index in [0.717, 1.165) is 29.6 Å². The molecule has 80 valence electrons. The van der Waals surface area contributed by atoms with Gasteiger partial charge in [-0.1, -0.05) is 48.5 Å². The van der Waals surface area contributed by atoms with Gasteiger partial charge in [0.2, 0.25) is 0 Å². The van der Waals surface area contributed by atoms with Gasteiger partial charge in [0.1, 0.15) is 0 Å². The Morgan fingerprint density at radius 1 is 0.692 bits per heavy atom. The lowest BCUT2D eigenvalue weighted by Gasteiger charge is -2.29. The lowest BCUT2D eigenvalue weighted by atomic mass is 9.76. The Balaban J connectivity index is 4.01. The lowest BCUT2D eigenvalue weighted by molar-refractivity contribution is 0.201. The first-order valence-corrected chi connectivity index (χ1v) is 5.86. The van der Waals surface area contributed by atoms with Gasteiger partial charge in [0, 0.05) is 0 Å². The van der Waals surface area contributed by atoms with Gasteiger partial charge in [-0.3, -0.25) is 0 Å². The third-order valence-electron chi connectivity index (χ3n) is 3.62. The van der Waals surface area contributed by atoms with E-state index in [9.17, 15) is 0 Å². The minimum absolute atomic E-state index is 0.824. The predicted octanol–water partition coefficient (Wildman–Crippen LogP) is 4.60. The summed E-state index contributed by atoms with van der Waals surface area (Å²) in [6, 6.07) is 0. The van der Waals surface area contributed by atoms with Gasteiger partial charge < -0.3 is 0 Å². The Hall–Kier alpha value is 0. The van der Waals surface area contributed by atoms with Crippen LogP contribution in [0, 0.1) is 29.6 Å². The van der Waals surface area contributed by atoms with Crippen LogP contribution in [0.1, 0.15) is 54.9 Å². The van der Waals surface area contributed by atoms with Crippen molar-refractivity contribution in [1.29, 1.82) is 0 Å². The van der Waals surface area contributed by atoms with E-state index in [1.807, 2.05) is 0 Å².